The van der Waals surface area contributed by atoms with Crippen LogP contribution in [0.5, 0.6) is 0 Å². The summed E-state index contributed by atoms with van der Waals surface area (Å²) in [5, 5.41) is 16.4. The molecule has 0 aliphatic heterocycles. The third-order valence-corrected chi connectivity index (χ3v) is 2.85. The number of rotatable bonds is 4. The van der Waals surface area contributed by atoms with Gasteiger partial charge in [0.25, 0.3) is 0 Å². The normalized spacial score (nSPS) is 12.2. The lowest BCUT2D eigenvalue weighted by molar-refractivity contribution is 0.0690. The van der Waals surface area contributed by atoms with Gasteiger partial charge in [0.05, 0.1) is 11.7 Å². The van der Waals surface area contributed by atoms with Crippen LogP contribution in [-0.4, -0.2) is 25.8 Å². The third-order valence-electron chi connectivity index (χ3n) is 2.85. The summed E-state index contributed by atoms with van der Waals surface area (Å²) in [5.41, 5.74) is 2.03. The van der Waals surface area contributed by atoms with Gasteiger partial charge in [0.2, 0.25) is 0 Å². The third kappa shape index (κ3) is 2.90. The van der Waals surface area contributed by atoms with E-state index in [1.807, 2.05) is 27.1 Å². The molecule has 2 rings (SSSR count). The fourth-order valence-corrected chi connectivity index (χ4v) is 1.98. The molecule has 0 radical (unpaired) electrons. The fraction of sp³-hybridized carbons (Fsp3) is 0.308. The Morgan fingerprint density at radius 2 is 2.21 bits per heavy atom. The van der Waals surface area contributed by atoms with Gasteiger partial charge >= 0.3 is 5.97 Å². The molecule has 0 aromatic carbocycles. The summed E-state index contributed by atoms with van der Waals surface area (Å²) in [6, 6.07) is 4.88. The van der Waals surface area contributed by atoms with E-state index in [9.17, 15) is 4.79 Å². The predicted molar refractivity (Wildman–Crippen MR) is 71.2 cm³/mol. The maximum atomic E-state index is 10.9. The number of carboxylic acid groups (broad SMARTS) is 1. The Morgan fingerprint density at radius 1 is 1.47 bits per heavy atom. The highest BCUT2D eigenvalue weighted by Crippen LogP contribution is 2.20. The van der Waals surface area contributed by atoms with Gasteiger partial charge in [0, 0.05) is 18.8 Å². The highest BCUT2D eigenvalue weighted by molar-refractivity contribution is 5.85. The molecule has 6 heteroatoms. The Bertz CT molecular complexity index is 606. The van der Waals surface area contributed by atoms with Gasteiger partial charge in [0.15, 0.2) is 5.69 Å². The molecule has 2 aromatic rings. The highest BCUT2D eigenvalue weighted by Gasteiger charge is 2.13. The molecule has 0 fully saturated rings. The summed E-state index contributed by atoms with van der Waals surface area (Å²) in [5.74, 6) is -0.496. The zero-order valence-corrected chi connectivity index (χ0v) is 11.1. The lowest BCUT2D eigenvalue weighted by atomic mass is 10.1. The number of hydrogen-bond donors (Lipinski definition) is 2. The van der Waals surface area contributed by atoms with Crippen LogP contribution in [0.1, 0.15) is 34.7 Å². The van der Waals surface area contributed by atoms with Crippen molar-refractivity contribution in [3.8, 4) is 0 Å². The first-order chi connectivity index (χ1) is 8.97. The van der Waals surface area contributed by atoms with Crippen LogP contribution in [0.4, 0.5) is 5.82 Å². The summed E-state index contributed by atoms with van der Waals surface area (Å²) in [7, 11) is 1.87. The lowest BCUT2D eigenvalue weighted by Crippen LogP contribution is -2.10. The Morgan fingerprint density at radius 3 is 2.79 bits per heavy atom. The molecule has 2 N–H and O–H groups in total. The van der Waals surface area contributed by atoms with Gasteiger partial charge in [0.1, 0.15) is 5.82 Å². The number of nitrogens with zero attached hydrogens (tertiary/aromatic N) is 3. The smallest absolute Gasteiger partial charge is 0.354 e. The lowest BCUT2D eigenvalue weighted by Gasteiger charge is -2.14. The Kier molecular flexibility index (Phi) is 3.50. The second kappa shape index (κ2) is 5.09. The van der Waals surface area contributed by atoms with Gasteiger partial charge in [-0.25, -0.2) is 9.78 Å². The first kappa shape index (κ1) is 13.1. The zero-order valence-electron chi connectivity index (χ0n) is 11.1. The van der Waals surface area contributed by atoms with Gasteiger partial charge in [-0.1, -0.05) is 6.07 Å². The number of carboxylic acids is 1. The Labute approximate surface area is 111 Å². The van der Waals surface area contributed by atoms with Crippen molar-refractivity contribution in [2.24, 2.45) is 7.05 Å². The van der Waals surface area contributed by atoms with Crippen molar-refractivity contribution in [1.29, 1.82) is 0 Å². The van der Waals surface area contributed by atoms with Crippen LogP contribution in [0.2, 0.25) is 0 Å². The van der Waals surface area contributed by atoms with E-state index in [-0.39, 0.29) is 11.7 Å². The molecule has 0 saturated carbocycles. The average Bonchev–Trinajstić information content (AvgIpc) is 2.69. The first-order valence-corrected chi connectivity index (χ1v) is 5.94. The van der Waals surface area contributed by atoms with Gasteiger partial charge < -0.3 is 10.4 Å². The molecular formula is C13H16N4O2. The molecule has 0 bridgehead atoms. The van der Waals surface area contributed by atoms with Crippen molar-refractivity contribution in [2.75, 3.05) is 5.32 Å². The SMILES string of the molecule is Cc1nn(C)cc1C(C)Nc1cccc(C(=O)O)n1. The van der Waals surface area contributed by atoms with Crippen molar-refractivity contribution in [1.82, 2.24) is 14.8 Å². The minimum absolute atomic E-state index is 0.00486. The van der Waals surface area contributed by atoms with Crippen molar-refractivity contribution in [3.05, 3.63) is 41.3 Å². The van der Waals surface area contributed by atoms with E-state index in [0.29, 0.717) is 5.82 Å². The molecule has 6 nitrogen and oxygen atoms in total. The monoisotopic (exact) mass is 260 g/mol. The fourth-order valence-electron chi connectivity index (χ4n) is 1.98. The molecule has 100 valence electrons. The summed E-state index contributed by atoms with van der Waals surface area (Å²) >= 11 is 0. The van der Waals surface area contributed by atoms with Gasteiger partial charge in [-0.15, -0.1) is 0 Å². The van der Waals surface area contributed by atoms with Gasteiger partial charge in [-0.3, -0.25) is 4.68 Å². The minimum Gasteiger partial charge on any atom is -0.477 e. The number of hydrogen-bond acceptors (Lipinski definition) is 4. The van der Waals surface area contributed by atoms with E-state index in [4.69, 9.17) is 5.11 Å². The molecule has 0 saturated heterocycles. The van der Waals surface area contributed by atoms with Crippen molar-refractivity contribution in [2.45, 2.75) is 19.9 Å². The second-order valence-electron chi connectivity index (χ2n) is 4.42. The molecule has 0 amide bonds. The quantitative estimate of drug-likeness (QED) is 0.878. The Balaban J connectivity index is 2.19. The predicted octanol–water partition coefficient (Wildman–Crippen LogP) is 1.99. The summed E-state index contributed by atoms with van der Waals surface area (Å²) < 4.78 is 1.75. The van der Waals surface area contributed by atoms with E-state index in [0.717, 1.165) is 11.3 Å². The number of aromatic carboxylic acids is 1. The van der Waals surface area contributed by atoms with Crippen molar-refractivity contribution in [3.63, 3.8) is 0 Å². The van der Waals surface area contributed by atoms with Crippen molar-refractivity contribution >= 4 is 11.8 Å². The topological polar surface area (TPSA) is 80.0 Å². The van der Waals surface area contributed by atoms with Crippen LogP contribution in [0, 0.1) is 6.92 Å². The number of carbonyl (C=O) groups is 1. The Hall–Kier alpha value is -2.37. The van der Waals surface area contributed by atoms with Crippen LogP contribution in [0.25, 0.3) is 0 Å². The van der Waals surface area contributed by atoms with Gasteiger partial charge in [-0.05, 0) is 26.0 Å². The number of nitrogens with one attached hydrogen (secondary N) is 1. The summed E-state index contributed by atoms with van der Waals surface area (Å²) in [4.78, 5) is 14.9. The first-order valence-electron chi connectivity index (χ1n) is 5.94. The highest BCUT2D eigenvalue weighted by atomic mass is 16.4. The van der Waals surface area contributed by atoms with Crippen LogP contribution >= 0.6 is 0 Å². The number of aryl methyl sites for hydroxylation is 2. The maximum Gasteiger partial charge on any atom is 0.354 e. The van der Waals surface area contributed by atoms with Crippen LogP contribution < -0.4 is 5.32 Å². The number of anilines is 1. The van der Waals surface area contributed by atoms with Gasteiger partial charge in [-0.2, -0.15) is 5.10 Å². The molecule has 0 aliphatic rings. The van der Waals surface area contributed by atoms with Crippen LogP contribution in [-0.2, 0) is 7.05 Å². The number of aromatic nitrogens is 3. The minimum atomic E-state index is -1.03. The molecule has 2 aromatic heterocycles. The standard InChI is InChI=1S/C13H16N4O2/c1-8(10-7-17(3)16-9(10)2)14-12-6-4-5-11(15-12)13(18)19/h4-8H,1-3H3,(H,14,15)(H,18,19). The summed E-state index contributed by atoms with van der Waals surface area (Å²) in [6.45, 7) is 3.92. The molecule has 0 aliphatic carbocycles. The van der Waals surface area contributed by atoms with Crippen LogP contribution in [0.3, 0.4) is 0 Å². The van der Waals surface area contributed by atoms with Crippen LogP contribution in [0.15, 0.2) is 24.4 Å². The van der Waals surface area contributed by atoms with E-state index < -0.39 is 5.97 Å². The maximum absolute atomic E-state index is 10.9. The van der Waals surface area contributed by atoms with Crippen molar-refractivity contribution < 1.29 is 9.90 Å². The van der Waals surface area contributed by atoms with E-state index in [1.165, 1.54) is 6.07 Å². The van der Waals surface area contributed by atoms with E-state index >= 15 is 0 Å². The molecule has 0 spiro atoms. The van der Waals surface area contributed by atoms with E-state index in [1.54, 1.807) is 16.8 Å². The largest absolute Gasteiger partial charge is 0.477 e. The molecular weight excluding hydrogens is 244 g/mol. The molecule has 19 heavy (non-hydrogen) atoms. The van der Waals surface area contributed by atoms with E-state index in [2.05, 4.69) is 15.4 Å². The molecule has 1 unspecified atom stereocenters. The average molecular weight is 260 g/mol. The summed E-state index contributed by atoms with van der Waals surface area (Å²) in [6.07, 6.45) is 1.94. The zero-order chi connectivity index (χ0) is 14.0. The second-order valence-corrected chi connectivity index (χ2v) is 4.42. The molecule has 1 atom stereocenters. The molecule has 2 heterocycles. The number of pyridine rings is 1.